The van der Waals surface area contributed by atoms with E-state index in [0.29, 0.717) is 23.2 Å². The molecule has 2 aliphatic heterocycles. The first kappa shape index (κ1) is 19.0. The Labute approximate surface area is 166 Å². The molecule has 0 aromatic heterocycles. The first-order valence-electron chi connectivity index (χ1n) is 9.39. The number of hydrogen-bond donors (Lipinski definition) is 1. The average Bonchev–Trinajstić information content (AvgIpc) is 3.10. The number of amides is 4. The summed E-state index contributed by atoms with van der Waals surface area (Å²) in [5, 5.41) is 2.59. The molecule has 0 saturated carbocycles. The van der Waals surface area contributed by atoms with Crippen molar-refractivity contribution < 1.29 is 23.2 Å². The highest BCUT2D eigenvalue weighted by molar-refractivity contribution is 6.27. The average molecular weight is 399 g/mol. The molecule has 8 heteroatoms. The Hall–Kier alpha value is -3.29. The summed E-state index contributed by atoms with van der Waals surface area (Å²) in [6.45, 7) is 2.10. The standard InChI is InChI=1S/C21H19F2N3O3/c1-2-3-10-25-18(27)21(24-20(25)29)14-6-4-5-7-17(14)26(19(21)28)12-13-8-9-15(22)16(23)11-13/h4-9,11H,2-3,10,12H2,1H3,(H,24,29). The maximum Gasteiger partial charge on any atom is 0.325 e. The number of unbranched alkanes of at least 4 members (excludes halogenated alkanes) is 1. The van der Waals surface area contributed by atoms with Gasteiger partial charge in [0.15, 0.2) is 11.6 Å². The molecule has 4 amide bonds. The fraction of sp³-hybridized carbons (Fsp3) is 0.286. The minimum absolute atomic E-state index is 0.0626. The number of fused-ring (bicyclic) bond motifs is 2. The van der Waals surface area contributed by atoms with Crippen molar-refractivity contribution >= 4 is 23.5 Å². The first-order chi connectivity index (χ1) is 13.9. The number of urea groups is 1. The van der Waals surface area contributed by atoms with Crippen LogP contribution in [0.1, 0.15) is 30.9 Å². The number of benzene rings is 2. The molecule has 2 aromatic rings. The Morgan fingerprint density at radius 3 is 2.41 bits per heavy atom. The molecule has 6 nitrogen and oxygen atoms in total. The smallest absolute Gasteiger partial charge is 0.311 e. The Kier molecular flexibility index (Phi) is 4.56. The zero-order chi connectivity index (χ0) is 20.8. The highest BCUT2D eigenvalue weighted by Gasteiger charge is 2.63. The van der Waals surface area contributed by atoms with Gasteiger partial charge in [-0.3, -0.25) is 14.5 Å². The quantitative estimate of drug-likeness (QED) is 0.621. The fourth-order valence-corrected chi connectivity index (χ4v) is 3.85. The maximum atomic E-state index is 13.6. The lowest BCUT2D eigenvalue weighted by Gasteiger charge is -2.22. The highest BCUT2D eigenvalue weighted by atomic mass is 19.2. The molecule has 2 aromatic carbocycles. The van der Waals surface area contributed by atoms with Crippen LogP contribution in [0, 0.1) is 11.6 Å². The summed E-state index contributed by atoms with van der Waals surface area (Å²) in [4.78, 5) is 41.5. The normalized spacial score (nSPS) is 20.6. The number of halogens is 2. The molecule has 2 heterocycles. The summed E-state index contributed by atoms with van der Waals surface area (Å²) >= 11 is 0. The Bertz CT molecular complexity index is 1030. The van der Waals surface area contributed by atoms with Gasteiger partial charge >= 0.3 is 6.03 Å². The second kappa shape index (κ2) is 6.95. The molecule has 0 bridgehead atoms. The molecule has 0 aliphatic carbocycles. The van der Waals surface area contributed by atoms with E-state index in [2.05, 4.69) is 5.32 Å². The van der Waals surface area contributed by atoms with Crippen LogP contribution in [0.3, 0.4) is 0 Å². The summed E-state index contributed by atoms with van der Waals surface area (Å²) in [6, 6.07) is 9.45. The van der Waals surface area contributed by atoms with Crippen LogP contribution in [0.2, 0.25) is 0 Å². The van der Waals surface area contributed by atoms with Crippen molar-refractivity contribution in [2.24, 2.45) is 0 Å². The van der Waals surface area contributed by atoms with E-state index < -0.39 is 35.0 Å². The van der Waals surface area contributed by atoms with Crippen LogP contribution in [0.25, 0.3) is 0 Å². The third kappa shape index (κ3) is 2.78. The van der Waals surface area contributed by atoms with Crippen molar-refractivity contribution in [2.75, 3.05) is 11.4 Å². The zero-order valence-corrected chi connectivity index (χ0v) is 15.7. The Balaban J connectivity index is 1.74. The molecular formula is C21H19F2N3O3. The number of para-hydroxylation sites is 1. The van der Waals surface area contributed by atoms with Crippen LogP contribution in [0.15, 0.2) is 42.5 Å². The van der Waals surface area contributed by atoms with E-state index in [1.807, 2.05) is 6.92 Å². The molecule has 1 spiro atoms. The van der Waals surface area contributed by atoms with Gasteiger partial charge in [0, 0.05) is 12.1 Å². The van der Waals surface area contributed by atoms with Gasteiger partial charge in [-0.15, -0.1) is 0 Å². The molecule has 4 rings (SSSR count). The minimum atomic E-state index is -1.82. The number of hydrogen-bond acceptors (Lipinski definition) is 3. The summed E-state index contributed by atoms with van der Waals surface area (Å²) < 4.78 is 26.9. The van der Waals surface area contributed by atoms with Crippen molar-refractivity contribution in [1.82, 2.24) is 10.2 Å². The van der Waals surface area contributed by atoms with Crippen molar-refractivity contribution in [3.63, 3.8) is 0 Å². The van der Waals surface area contributed by atoms with Crippen molar-refractivity contribution in [3.8, 4) is 0 Å². The fourth-order valence-electron chi connectivity index (χ4n) is 3.85. The molecule has 2 aliphatic rings. The SMILES string of the molecule is CCCCN1C(=O)NC2(C1=O)C(=O)N(Cc1ccc(F)c(F)c1)c1ccccc12. The van der Waals surface area contributed by atoms with E-state index in [9.17, 15) is 23.2 Å². The summed E-state index contributed by atoms with van der Waals surface area (Å²) in [5.41, 5.74) is -0.623. The number of carbonyl (C=O) groups is 3. The monoisotopic (exact) mass is 399 g/mol. The van der Waals surface area contributed by atoms with E-state index in [0.717, 1.165) is 23.5 Å². The van der Waals surface area contributed by atoms with Gasteiger partial charge in [-0.1, -0.05) is 37.6 Å². The van der Waals surface area contributed by atoms with Gasteiger partial charge in [-0.25, -0.2) is 13.6 Å². The lowest BCUT2D eigenvalue weighted by atomic mass is 9.91. The lowest BCUT2D eigenvalue weighted by molar-refractivity contribution is -0.138. The number of nitrogens with zero attached hydrogens (tertiary/aromatic N) is 2. The topological polar surface area (TPSA) is 69.7 Å². The van der Waals surface area contributed by atoms with E-state index in [-0.39, 0.29) is 13.1 Å². The summed E-state index contributed by atoms with van der Waals surface area (Å²) in [5.74, 6) is -3.22. The van der Waals surface area contributed by atoms with Gasteiger partial charge in [-0.2, -0.15) is 0 Å². The van der Waals surface area contributed by atoms with Gasteiger partial charge in [-0.05, 0) is 30.2 Å². The Morgan fingerprint density at radius 2 is 1.69 bits per heavy atom. The summed E-state index contributed by atoms with van der Waals surface area (Å²) in [7, 11) is 0. The molecule has 1 atom stereocenters. The molecule has 0 radical (unpaired) electrons. The maximum absolute atomic E-state index is 13.6. The summed E-state index contributed by atoms with van der Waals surface area (Å²) in [6.07, 6.45) is 1.42. The molecule has 1 fully saturated rings. The second-order valence-electron chi connectivity index (χ2n) is 7.15. The third-order valence-electron chi connectivity index (χ3n) is 5.33. The van der Waals surface area contributed by atoms with E-state index in [1.54, 1.807) is 24.3 Å². The molecule has 1 saturated heterocycles. The van der Waals surface area contributed by atoms with Crippen LogP contribution < -0.4 is 10.2 Å². The predicted molar refractivity (Wildman–Crippen MR) is 101 cm³/mol. The van der Waals surface area contributed by atoms with Gasteiger partial charge in [0.05, 0.1) is 12.2 Å². The van der Waals surface area contributed by atoms with Crippen molar-refractivity contribution in [3.05, 3.63) is 65.2 Å². The first-order valence-corrected chi connectivity index (χ1v) is 9.39. The predicted octanol–water partition coefficient (Wildman–Crippen LogP) is 3.06. The van der Waals surface area contributed by atoms with E-state index in [4.69, 9.17) is 0 Å². The van der Waals surface area contributed by atoms with Crippen molar-refractivity contribution in [2.45, 2.75) is 31.8 Å². The van der Waals surface area contributed by atoms with Crippen LogP contribution in [-0.4, -0.2) is 29.3 Å². The minimum Gasteiger partial charge on any atom is -0.311 e. The highest BCUT2D eigenvalue weighted by Crippen LogP contribution is 2.44. The van der Waals surface area contributed by atoms with E-state index >= 15 is 0 Å². The molecule has 1 N–H and O–H groups in total. The van der Waals surface area contributed by atoms with Crippen LogP contribution >= 0.6 is 0 Å². The molecule has 1 unspecified atom stereocenters. The third-order valence-corrected chi connectivity index (χ3v) is 5.33. The van der Waals surface area contributed by atoms with Gasteiger partial charge in [0.2, 0.25) is 5.54 Å². The van der Waals surface area contributed by atoms with Gasteiger partial charge in [0.25, 0.3) is 11.8 Å². The van der Waals surface area contributed by atoms with Crippen molar-refractivity contribution in [1.29, 1.82) is 0 Å². The molecular weight excluding hydrogens is 380 g/mol. The second-order valence-corrected chi connectivity index (χ2v) is 7.15. The van der Waals surface area contributed by atoms with E-state index in [1.165, 1.54) is 11.0 Å². The molecule has 150 valence electrons. The largest absolute Gasteiger partial charge is 0.325 e. The molecule has 29 heavy (non-hydrogen) atoms. The number of imide groups is 1. The number of nitrogens with one attached hydrogen (secondary N) is 1. The zero-order valence-electron chi connectivity index (χ0n) is 15.7. The number of rotatable bonds is 5. The van der Waals surface area contributed by atoms with Gasteiger partial charge < -0.3 is 10.2 Å². The Morgan fingerprint density at radius 1 is 0.966 bits per heavy atom. The van der Waals surface area contributed by atoms with Crippen LogP contribution in [0.4, 0.5) is 19.3 Å². The number of carbonyl (C=O) groups excluding carboxylic acids is 3. The van der Waals surface area contributed by atoms with Gasteiger partial charge in [0.1, 0.15) is 0 Å². The lowest BCUT2D eigenvalue weighted by Crippen LogP contribution is -2.52. The van der Waals surface area contributed by atoms with Crippen LogP contribution in [-0.2, 0) is 21.7 Å². The van der Waals surface area contributed by atoms with Crippen LogP contribution in [0.5, 0.6) is 0 Å². The number of anilines is 1.